The third-order valence-electron chi connectivity index (χ3n) is 3.47. The number of aliphatic hydroxyl groups excluding tert-OH is 1. The van der Waals surface area contributed by atoms with E-state index in [1.807, 2.05) is 0 Å². The molecule has 0 aromatic heterocycles. The number of aliphatic carboxylic acids is 1. The number of aliphatic hydroxyl groups is 1. The molecule has 1 amide bonds. The summed E-state index contributed by atoms with van der Waals surface area (Å²) in [5.74, 6) is -1.58. The molecule has 0 radical (unpaired) electrons. The molecule has 0 unspecified atom stereocenters. The number of hydrogen-bond acceptors (Lipinski definition) is 4. The first-order valence-corrected chi connectivity index (χ1v) is 5.90. The summed E-state index contributed by atoms with van der Waals surface area (Å²) in [6.07, 6.45) is 4.32. The van der Waals surface area contributed by atoms with E-state index in [1.165, 1.54) is 0 Å². The number of carboxylic acid groups (broad SMARTS) is 1. The van der Waals surface area contributed by atoms with Crippen molar-refractivity contribution in [2.75, 3.05) is 13.2 Å². The number of rotatable bonds is 5. The molecular weight excluding hydrogens is 224 g/mol. The Kier molecular flexibility index (Phi) is 4.89. The van der Waals surface area contributed by atoms with Gasteiger partial charge in [-0.05, 0) is 12.8 Å². The summed E-state index contributed by atoms with van der Waals surface area (Å²) < 4.78 is 0. The van der Waals surface area contributed by atoms with Crippen LogP contribution in [0.3, 0.4) is 0 Å². The molecule has 0 aromatic carbocycles. The highest BCUT2D eigenvalue weighted by atomic mass is 16.4. The molecule has 6 nitrogen and oxygen atoms in total. The van der Waals surface area contributed by atoms with Gasteiger partial charge in [0.1, 0.15) is 6.04 Å². The molecule has 17 heavy (non-hydrogen) atoms. The molecule has 0 spiro atoms. The molecule has 0 heterocycles. The highest BCUT2D eigenvalue weighted by Gasteiger charge is 2.39. The third-order valence-corrected chi connectivity index (χ3v) is 3.47. The van der Waals surface area contributed by atoms with Crippen LogP contribution in [0, 0.1) is 5.41 Å². The van der Waals surface area contributed by atoms with Gasteiger partial charge < -0.3 is 21.3 Å². The molecule has 98 valence electrons. The lowest BCUT2D eigenvalue weighted by atomic mass is 9.73. The fourth-order valence-electron chi connectivity index (χ4n) is 2.25. The van der Waals surface area contributed by atoms with E-state index < -0.39 is 24.0 Å². The van der Waals surface area contributed by atoms with Crippen LogP contribution < -0.4 is 11.1 Å². The Morgan fingerprint density at radius 3 is 2.29 bits per heavy atom. The van der Waals surface area contributed by atoms with Gasteiger partial charge in [0.15, 0.2) is 0 Å². The first kappa shape index (κ1) is 13.9. The van der Waals surface area contributed by atoms with Crippen molar-refractivity contribution in [3.05, 3.63) is 0 Å². The smallest absolute Gasteiger partial charge is 0.328 e. The first-order valence-electron chi connectivity index (χ1n) is 5.90. The van der Waals surface area contributed by atoms with Crippen LogP contribution in [0.2, 0.25) is 0 Å². The topological polar surface area (TPSA) is 113 Å². The van der Waals surface area contributed by atoms with Gasteiger partial charge in [-0.25, -0.2) is 4.79 Å². The largest absolute Gasteiger partial charge is 0.480 e. The van der Waals surface area contributed by atoms with Crippen LogP contribution in [0.15, 0.2) is 0 Å². The summed E-state index contributed by atoms with van der Waals surface area (Å²) in [4.78, 5) is 22.8. The van der Waals surface area contributed by atoms with Crippen molar-refractivity contribution in [3.8, 4) is 0 Å². The molecule has 0 bridgehead atoms. The molecule has 1 saturated carbocycles. The molecule has 0 aliphatic heterocycles. The molecule has 1 atom stereocenters. The average Bonchev–Trinajstić information content (AvgIpc) is 2.35. The zero-order chi connectivity index (χ0) is 12.9. The predicted octanol–water partition coefficient (Wildman–Crippen LogP) is -0.543. The molecule has 0 aromatic rings. The maximum atomic E-state index is 12.1. The van der Waals surface area contributed by atoms with Gasteiger partial charge in [-0.15, -0.1) is 0 Å². The average molecular weight is 244 g/mol. The Labute approximate surface area is 100 Å². The van der Waals surface area contributed by atoms with Crippen molar-refractivity contribution >= 4 is 11.9 Å². The maximum absolute atomic E-state index is 12.1. The summed E-state index contributed by atoms with van der Waals surface area (Å²) in [7, 11) is 0. The number of hydrogen-bond donors (Lipinski definition) is 4. The number of nitrogens with two attached hydrogens (primary N) is 1. The van der Waals surface area contributed by atoms with Crippen molar-refractivity contribution in [2.45, 2.75) is 38.1 Å². The highest BCUT2D eigenvalue weighted by Crippen LogP contribution is 2.35. The van der Waals surface area contributed by atoms with Crippen LogP contribution in [-0.4, -0.2) is 41.3 Å². The monoisotopic (exact) mass is 244 g/mol. The van der Waals surface area contributed by atoms with E-state index in [1.54, 1.807) is 0 Å². The minimum Gasteiger partial charge on any atom is -0.480 e. The van der Waals surface area contributed by atoms with Gasteiger partial charge in [0, 0.05) is 6.54 Å². The van der Waals surface area contributed by atoms with Crippen molar-refractivity contribution < 1.29 is 19.8 Å². The summed E-state index contributed by atoms with van der Waals surface area (Å²) in [5.41, 5.74) is 5.01. The van der Waals surface area contributed by atoms with E-state index in [4.69, 9.17) is 15.9 Å². The van der Waals surface area contributed by atoms with Gasteiger partial charge in [0.25, 0.3) is 0 Å². The van der Waals surface area contributed by atoms with Crippen LogP contribution in [-0.2, 0) is 9.59 Å². The maximum Gasteiger partial charge on any atom is 0.328 e. The zero-order valence-corrected chi connectivity index (χ0v) is 9.82. The second-order valence-corrected chi connectivity index (χ2v) is 4.59. The van der Waals surface area contributed by atoms with Crippen molar-refractivity contribution in [1.29, 1.82) is 0 Å². The Morgan fingerprint density at radius 1 is 1.29 bits per heavy atom. The molecule has 5 N–H and O–H groups in total. The Balaban J connectivity index is 2.68. The number of nitrogens with one attached hydrogen (secondary N) is 1. The van der Waals surface area contributed by atoms with Crippen molar-refractivity contribution in [3.63, 3.8) is 0 Å². The summed E-state index contributed by atoms with van der Waals surface area (Å²) in [6.45, 7) is -0.391. The van der Waals surface area contributed by atoms with Gasteiger partial charge in [-0.3, -0.25) is 4.79 Å². The molecular formula is C11H20N2O4. The minimum absolute atomic E-state index is 0.219. The number of carbonyl (C=O) groups is 2. The quantitative estimate of drug-likeness (QED) is 0.518. The lowest BCUT2D eigenvalue weighted by molar-refractivity contribution is -0.145. The molecule has 6 heteroatoms. The molecule has 0 saturated heterocycles. The number of carbonyl (C=O) groups excluding carboxylic acids is 1. The lowest BCUT2D eigenvalue weighted by Crippen LogP contribution is -2.53. The van der Waals surface area contributed by atoms with Crippen molar-refractivity contribution in [1.82, 2.24) is 5.32 Å². The Morgan fingerprint density at radius 2 is 1.88 bits per heavy atom. The molecule has 1 rings (SSSR count). The summed E-state index contributed by atoms with van der Waals surface area (Å²) in [6, 6.07) is -1.24. The van der Waals surface area contributed by atoms with Crippen LogP contribution in [0.4, 0.5) is 0 Å². The predicted molar refractivity (Wildman–Crippen MR) is 61.2 cm³/mol. The second-order valence-electron chi connectivity index (χ2n) is 4.59. The molecule has 1 fully saturated rings. The van der Waals surface area contributed by atoms with Gasteiger partial charge in [0.05, 0.1) is 12.0 Å². The SMILES string of the molecule is NCC1(C(=O)N[C@H](CO)C(=O)O)CCCCC1. The van der Waals surface area contributed by atoms with E-state index >= 15 is 0 Å². The Hall–Kier alpha value is -1.14. The minimum atomic E-state index is -1.24. The van der Waals surface area contributed by atoms with Crippen LogP contribution in [0.25, 0.3) is 0 Å². The standard InChI is InChI=1S/C11H20N2O4/c12-7-11(4-2-1-3-5-11)10(17)13-8(6-14)9(15)16/h8,14H,1-7,12H2,(H,13,17)(H,15,16)/t8-/m1/s1. The normalized spacial score (nSPS) is 20.6. The summed E-state index contributed by atoms with van der Waals surface area (Å²) >= 11 is 0. The van der Waals surface area contributed by atoms with E-state index in [9.17, 15) is 9.59 Å². The van der Waals surface area contributed by atoms with E-state index in [2.05, 4.69) is 5.32 Å². The van der Waals surface area contributed by atoms with Crippen LogP contribution >= 0.6 is 0 Å². The van der Waals surface area contributed by atoms with Gasteiger partial charge in [-0.2, -0.15) is 0 Å². The van der Waals surface area contributed by atoms with E-state index in [-0.39, 0.29) is 12.5 Å². The zero-order valence-electron chi connectivity index (χ0n) is 9.82. The van der Waals surface area contributed by atoms with Crippen molar-refractivity contribution in [2.24, 2.45) is 11.1 Å². The molecule has 1 aliphatic carbocycles. The number of carboxylic acids is 1. The fourth-order valence-corrected chi connectivity index (χ4v) is 2.25. The molecule has 1 aliphatic rings. The van der Waals surface area contributed by atoms with Gasteiger partial charge in [0.2, 0.25) is 5.91 Å². The van der Waals surface area contributed by atoms with Crippen LogP contribution in [0.1, 0.15) is 32.1 Å². The van der Waals surface area contributed by atoms with Crippen LogP contribution in [0.5, 0.6) is 0 Å². The van der Waals surface area contributed by atoms with E-state index in [0.29, 0.717) is 12.8 Å². The fraction of sp³-hybridized carbons (Fsp3) is 0.818. The number of amides is 1. The third kappa shape index (κ3) is 3.17. The van der Waals surface area contributed by atoms with Gasteiger partial charge >= 0.3 is 5.97 Å². The Bertz CT molecular complexity index is 287. The second kappa shape index (κ2) is 5.97. The summed E-state index contributed by atoms with van der Waals surface area (Å²) in [5, 5.41) is 20.0. The lowest BCUT2D eigenvalue weighted by Gasteiger charge is -2.35. The van der Waals surface area contributed by atoms with E-state index in [0.717, 1.165) is 19.3 Å². The first-order chi connectivity index (χ1) is 8.05. The van der Waals surface area contributed by atoms with Gasteiger partial charge in [-0.1, -0.05) is 19.3 Å². The highest BCUT2D eigenvalue weighted by molar-refractivity contribution is 5.87.